The number of imidazole rings is 1. The highest BCUT2D eigenvalue weighted by Crippen LogP contribution is 2.19. The molecule has 0 atom stereocenters. The summed E-state index contributed by atoms with van der Waals surface area (Å²) in [6, 6.07) is 1.63. The van der Waals surface area contributed by atoms with Gasteiger partial charge < -0.3 is 4.57 Å². The first-order valence-electron chi connectivity index (χ1n) is 3.85. The number of halogens is 1. The minimum atomic E-state index is -0.328. The van der Waals surface area contributed by atoms with Gasteiger partial charge in [-0.15, -0.1) is 0 Å². The van der Waals surface area contributed by atoms with E-state index in [1.165, 1.54) is 6.20 Å². The van der Waals surface area contributed by atoms with E-state index in [2.05, 4.69) is 9.97 Å². The molecule has 0 amide bonds. The Morgan fingerprint density at radius 2 is 2.15 bits per heavy atom. The summed E-state index contributed by atoms with van der Waals surface area (Å²) in [7, 11) is 1.82. The van der Waals surface area contributed by atoms with Crippen LogP contribution in [-0.4, -0.2) is 14.5 Å². The molecule has 66 valence electrons. The Hall–Kier alpha value is -1.71. The zero-order valence-corrected chi connectivity index (χ0v) is 7.11. The highest BCUT2D eigenvalue weighted by Gasteiger charge is 2.06. The van der Waals surface area contributed by atoms with Gasteiger partial charge in [0.2, 0.25) is 0 Å². The van der Waals surface area contributed by atoms with Gasteiger partial charge in [-0.25, -0.2) is 9.37 Å². The maximum Gasteiger partial charge on any atom is 0.150 e. The lowest BCUT2D eigenvalue weighted by Crippen LogP contribution is -1.92. The number of pyridine rings is 1. The molecule has 0 aliphatic carbocycles. The highest BCUT2D eigenvalue weighted by molar-refractivity contribution is 5.58. The van der Waals surface area contributed by atoms with Gasteiger partial charge >= 0.3 is 0 Å². The van der Waals surface area contributed by atoms with Crippen LogP contribution in [0.5, 0.6) is 0 Å². The number of nitrogens with zero attached hydrogens (tertiary/aromatic N) is 3. The third-order valence-corrected chi connectivity index (χ3v) is 1.87. The average molecular weight is 177 g/mol. The Kier molecular flexibility index (Phi) is 1.81. The minimum Gasteiger partial charge on any atom is -0.334 e. The Labute approximate surface area is 74.9 Å². The van der Waals surface area contributed by atoms with Gasteiger partial charge in [0, 0.05) is 18.8 Å². The van der Waals surface area contributed by atoms with Gasteiger partial charge in [-0.1, -0.05) is 0 Å². The third kappa shape index (κ3) is 1.30. The zero-order chi connectivity index (χ0) is 9.26. The molecular formula is C9H8FN3. The van der Waals surface area contributed by atoms with E-state index in [4.69, 9.17) is 0 Å². The van der Waals surface area contributed by atoms with E-state index in [1.54, 1.807) is 29.4 Å². The molecule has 2 rings (SSSR count). The highest BCUT2D eigenvalue weighted by atomic mass is 19.1. The second-order valence-corrected chi connectivity index (χ2v) is 2.75. The van der Waals surface area contributed by atoms with Crippen LogP contribution in [0.1, 0.15) is 0 Å². The Morgan fingerprint density at radius 3 is 2.77 bits per heavy atom. The van der Waals surface area contributed by atoms with Crippen molar-refractivity contribution in [3.05, 3.63) is 36.8 Å². The van der Waals surface area contributed by atoms with Crippen molar-refractivity contribution >= 4 is 0 Å². The third-order valence-electron chi connectivity index (χ3n) is 1.87. The number of hydrogen-bond donors (Lipinski definition) is 0. The van der Waals surface area contributed by atoms with E-state index in [0.29, 0.717) is 5.56 Å². The molecule has 0 spiro atoms. The normalized spacial score (nSPS) is 10.3. The van der Waals surface area contributed by atoms with Crippen molar-refractivity contribution in [2.24, 2.45) is 7.05 Å². The van der Waals surface area contributed by atoms with Crippen LogP contribution in [0, 0.1) is 5.82 Å². The van der Waals surface area contributed by atoms with Crippen LogP contribution in [0.4, 0.5) is 4.39 Å². The number of hydrogen-bond acceptors (Lipinski definition) is 2. The molecule has 0 N–H and O–H groups in total. The van der Waals surface area contributed by atoms with E-state index in [1.807, 2.05) is 7.05 Å². The quantitative estimate of drug-likeness (QED) is 0.662. The molecule has 0 unspecified atom stereocenters. The van der Waals surface area contributed by atoms with Gasteiger partial charge in [0.05, 0.1) is 24.4 Å². The first-order chi connectivity index (χ1) is 6.29. The molecule has 2 aromatic heterocycles. The van der Waals surface area contributed by atoms with Gasteiger partial charge in [0.15, 0.2) is 5.82 Å². The second-order valence-electron chi connectivity index (χ2n) is 2.75. The monoisotopic (exact) mass is 177 g/mol. The van der Waals surface area contributed by atoms with E-state index in [0.717, 1.165) is 5.69 Å². The summed E-state index contributed by atoms with van der Waals surface area (Å²) in [6.45, 7) is 0. The molecular weight excluding hydrogens is 169 g/mol. The molecule has 3 nitrogen and oxygen atoms in total. The molecule has 2 heterocycles. The topological polar surface area (TPSA) is 30.7 Å². The fraction of sp³-hybridized carbons (Fsp3) is 0.111. The molecule has 4 heteroatoms. The van der Waals surface area contributed by atoms with Crippen LogP contribution < -0.4 is 0 Å². The molecule has 0 saturated carbocycles. The summed E-state index contributed by atoms with van der Waals surface area (Å²) >= 11 is 0. The van der Waals surface area contributed by atoms with Crippen molar-refractivity contribution in [1.82, 2.24) is 14.5 Å². The summed E-state index contributed by atoms with van der Waals surface area (Å²) in [5.41, 5.74) is 1.27. The van der Waals surface area contributed by atoms with Crippen LogP contribution in [0.2, 0.25) is 0 Å². The zero-order valence-electron chi connectivity index (χ0n) is 7.11. The van der Waals surface area contributed by atoms with Crippen molar-refractivity contribution in [1.29, 1.82) is 0 Å². The van der Waals surface area contributed by atoms with Crippen molar-refractivity contribution in [3.8, 4) is 11.3 Å². The van der Waals surface area contributed by atoms with Gasteiger partial charge in [-0.05, 0) is 6.07 Å². The maximum atomic E-state index is 13.2. The summed E-state index contributed by atoms with van der Waals surface area (Å²) in [6.07, 6.45) is 6.02. The predicted molar refractivity (Wildman–Crippen MR) is 46.4 cm³/mol. The smallest absolute Gasteiger partial charge is 0.150 e. The van der Waals surface area contributed by atoms with Crippen molar-refractivity contribution in [2.45, 2.75) is 0 Å². The first kappa shape index (κ1) is 7.91. The average Bonchev–Trinajstić information content (AvgIpc) is 2.52. The molecule has 0 fully saturated rings. The Balaban J connectivity index is 2.59. The summed E-state index contributed by atoms with van der Waals surface area (Å²) in [5, 5.41) is 0. The SMILES string of the molecule is Cn1cncc1-c1ccncc1F. The van der Waals surface area contributed by atoms with Gasteiger partial charge in [-0.3, -0.25) is 4.98 Å². The van der Waals surface area contributed by atoms with Crippen molar-refractivity contribution < 1.29 is 4.39 Å². The minimum absolute atomic E-state index is 0.328. The van der Waals surface area contributed by atoms with Gasteiger partial charge in [0.1, 0.15) is 0 Å². The van der Waals surface area contributed by atoms with E-state index in [-0.39, 0.29) is 5.82 Å². The summed E-state index contributed by atoms with van der Waals surface area (Å²) in [5.74, 6) is -0.328. The van der Waals surface area contributed by atoms with Crippen LogP contribution in [0.25, 0.3) is 11.3 Å². The van der Waals surface area contributed by atoms with Crippen LogP contribution in [-0.2, 0) is 7.05 Å². The maximum absolute atomic E-state index is 13.2. The number of aromatic nitrogens is 3. The van der Waals surface area contributed by atoms with Crippen LogP contribution >= 0.6 is 0 Å². The van der Waals surface area contributed by atoms with Gasteiger partial charge in [0.25, 0.3) is 0 Å². The lowest BCUT2D eigenvalue weighted by atomic mass is 10.2. The van der Waals surface area contributed by atoms with E-state index < -0.39 is 0 Å². The fourth-order valence-electron chi connectivity index (χ4n) is 1.20. The number of aryl methyl sites for hydroxylation is 1. The summed E-state index contributed by atoms with van der Waals surface area (Å²) < 4.78 is 15.0. The Morgan fingerprint density at radius 1 is 1.31 bits per heavy atom. The second kappa shape index (κ2) is 2.97. The van der Waals surface area contributed by atoms with E-state index in [9.17, 15) is 4.39 Å². The first-order valence-corrected chi connectivity index (χ1v) is 3.85. The Bertz CT molecular complexity index is 422. The molecule has 0 radical (unpaired) electrons. The van der Waals surface area contributed by atoms with E-state index >= 15 is 0 Å². The lowest BCUT2D eigenvalue weighted by molar-refractivity contribution is 0.623. The van der Waals surface area contributed by atoms with Crippen LogP contribution in [0.3, 0.4) is 0 Å². The molecule has 2 aromatic rings. The van der Waals surface area contributed by atoms with Gasteiger partial charge in [-0.2, -0.15) is 0 Å². The molecule has 0 aliphatic heterocycles. The standard InChI is InChI=1S/C9H8FN3/c1-13-6-12-5-9(13)7-2-3-11-4-8(7)10/h2-6H,1H3. The molecule has 0 saturated heterocycles. The lowest BCUT2D eigenvalue weighted by Gasteiger charge is -2.01. The number of rotatable bonds is 1. The van der Waals surface area contributed by atoms with Crippen molar-refractivity contribution in [3.63, 3.8) is 0 Å². The predicted octanol–water partition coefficient (Wildman–Crippen LogP) is 1.62. The fourth-order valence-corrected chi connectivity index (χ4v) is 1.20. The van der Waals surface area contributed by atoms with Crippen molar-refractivity contribution in [2.75, 3.05) is 0 Å². The molecule has 0 bridgehead atoms. The van der Waals surface area contributed by atoms with Crippen LogP contribution in [0.15, 0.2) is 31.0 Å². The molecule has 0 aliphatic rings. The largest absolute Gasteiger partial charge is 0.334 e. The summed E-state index contributed by atoms with van der Waals surface area (Å²) in [4.78, 5) is 7.59. The molecule has 0 aromatic carbocycles. The molecule has 13 heavy (non-hydrogen) atoms.